The summed E-state index contributed by atoms with van der Waals surface area (Å²) in [6, 6.07) is 13.4. The summed E-state index contributed by atoms with van der Waals surface area (Å²) in [5.41, 5.74) is 3.04. The first-order valence-corrected chi connectivity index (χ1v) is 10.4. The summed E-state index contributed by atoms with van der Waals surface area (Å²) in [6.45, 7) is 10.5. The molecule has 7 heteroatoms. The Hall–Kier alpha value is -2.93. The molecule has 1 atom stereocenters. The Morgan fingerprint density at radius 3 is 2.50 bits per heavy atom. The molecule has 30 heavy (non-hydrogen) atoms. The fraction of sp³-hybridized carbons (Fsp3) is 0.435. The van der Waals surface area contributed by atoms with Crippen LogP contribution in [0.3, 0.4) is 0 Å². The zero-order chi connectivity index (χ0) is 21.7. The second-order valence-corrected chi connectivity index (χ2v) is 8.06. The molecular formula is C23H30N4O3. The van der Waals surface area contributed by atoms with Crippen LogP contribution in [-0.4, -0.2) is 54.5 Å². The van der Waals surface area contributed by atoms with Crippen molar-refractivity contribution in [3.8, 4) is 0 Å². The van der Waals surface area contributed by atoms with Gasteiger partial charge in [0, 0.05) is 50.0 Å². The van der Waals surface area contributed by atoms with Gasteiger partial charge in [0.05, 0.1) is 4.92 Å². The van der Waals surface area contributed by atoms with Gasteiger partial charge in [0.1, 0.15) is 5.56 Å². The molecule has 1 aliphatic heterocycles. The zero-order valence-corrected chi connectivity index (χ0v) is 17.9. The van der Waals surface area contributed by atoms with Crippen LogP contribution in [0.15, 0.2) is 42.5 Å². The van der Waals surface area contributed by atoms with E-state index in [-0.39, 0.29) is 23.2 Å². The van der Waals surface area contributed by atoms with Gasteiger partial charge in [-0.15, -0.1) is 0 Å². The van der Waals surface area contributed by atoms with Crippen LogP contribution >= 0.6 is 0 Å². The van der Waals surface area contributed by atoms with Crippen molar-refractivity contribution < 1.29 is 9.72 Å². The smallest absolute Gasteiger partial charge is 0.285 e. The number of hydrogen-bond acceptors (Lipinski definition) is 5. The Labute approximate surface area is 177 Å². The third-order valence-corrected chi connectivity index (χ3v) is 5.66. The third-order valence-electron chi connectivity index (χ3n) is 5.66. The van der Waals surface area contributed by atoms with Crippen LogP contribution in [0.1, 0.15) is 34.8 Å². The van der Waals surface area contributed by atoms with Crippen LogP contribution in [0.5, 0.6) is 0 Å². The minimum Gasteiger partial charge on any atom is -0.369 e. The lowest BCUT2D eigenvalue weighted by molar-refractivity contribution is -0.385. The lowest BCUT2D eigenvalue weighted by Gasteiger charge is -2.36. The number of aryl methyl sites for hydroxylation is 2. The molecular weight excluding hydrogens is 380 g/mol. The van der Waals surface area contributed by atoms with Crippen LogP contribution in [0, 0.1) is 24.0 Å². The van der Waals surface area contributed by atoms with E-state index in [1.165, 1.54) is 17.3 Å². The van der Waals surface area contributed by atoms with E-state index in [1.54, 1.807) is 19.1 Å². The first kappa shape index (κ1) is 21.8. The molecule has 2 aromatic carbocycles. The second kappa shape index (κ2) is 9.71. The molecule has 1 saturated heterocycles. The van der Waals surface area contributed by atoms with E-state index in [2.05, 4.69) is 46.3 Å². The largest absolute Gasteiger partial charge is 0.369 e. The molecule has 1 amide bonds. The first-order chi connectivity index (χ1) is 14.3. The van der Waals surface area contributed by atoms with E-state index in [9.17, 15) is 14.9 Å². The van der Waals surface area contributed by atoms with E-state index in [0.717, 1.165) is 39.1 Å². The second-order valence-electron chi connectivity index (χ2n) is 8.06. The number of nitro benzene ring substituents is 1. The van der Waals surface area contributed by atoms with Crippen molar-refractivity contribution in [2.75, 3.05) is 37.6 Å². The molecule has 0 saturated carbocycles. The molecule has 2 aromatic rings. The van der Waals surface area contributed by atoms with Crippen molar-refractivity contribution in [1.29, 1.82) is 0 Å². The van der Waals surface area contributed by atoms with Crippen molar-refractivity contribution >= 4 is 17.3 Å². The number of piperazine rings is 1. The predicted octanol–water partition coefficient (Wildman–Crippen LogP) is 3.54. The number of nitrogens with zero attached hydrogens (tertiary/aromatic N) is 3. The van der Waals surface area contributed by atoms with Crippen LogP contribution < -0.4 is 10.2 Å². The van der Waals surface area contributed by atoms with E-state index in [4.69, 9.17) is 0 Å². The van der Waals surface area contributed by atoms with Gasteiger partial charge in [0.2, 0.25) is 0 Å². The van der Waals surface area contributed by atoms with E-state index in [0.29, 0.717) is 5.56 Å². The number of hydrogen-bond donors (Lipinski definition) is 1. The summed E-state index contributed by atoms with van der Waals surface area (Å²) < 4.78 is 0. The number of carbonyl (C=O) groups is 1. The lowest BCUT2D eigenvalue weighted by atomic mass is 10.1. The lowest BCUT2D eigenvalue weighted by Crippen LogP contribution is -2.47. The summed E-state index contributed by atoms with van der Waals surface area (Å²) >= 11 is 0. The summed E-state index contributed by atoms with van der Waals surface area (Å²) in [5, 5.41) is 14.2. The Bertz CT molecular complexity index is 907. The molecule has 0 spiro atoms. The first-order valence-electron chi connectivity index (χ1n) is 10.4. The number of para-hydroxylation sites is 1. The van der Waals surface area contributed by atoms with Crippen LogP contribution in [0.25, 0.3) is 0 Å². The van der Waals surface area contributed by atoms with Crippen LogP contribution in [0.4, 0.5) is 11.4 Å². The van der Waals surface area contributed by atoms with Crippen molar-refractivity contribution in [3.63, 3.8) is 0 Å². The van der Waals surface area contributed by atoms with Gasteiger partial charge >= 0.3 is 0 Å². The van der Waals surface area contributed by atoms with Crippen molar-refractivity contribution in [1.82, 2.24) is 10.2 Å². The summed E-state index contributed by atoms with van der Waals surface area (Å²) in [4.78, 5) is 28.2. The summed E-state index contributed by atoms with van der Waals surface area (Å²) in [6.07, 6.45) is 0.801. The Morgan fingerprint density at radius 2 is 1.83 bits per heavy atom. The highest BCUT2D eigenvalue weighted by Crippen LogP contribution is 2.23. The minimum atomic E-state index is -0.484. The minimum absolute atomic E-state index is 0.0626. The van der Waals surface area contributed by atoms with Gasteiger partial charge in [0.25, 0.3) is 11.6 Å². The molecule has 1 aliphatic rings. The van der Waals surface area contributed by atoms with Gasteiger partial charge in [-0.25, -0.2) is 0 Å². The van der Waals surface area contributed by atoms with E-state index in [1.807, 2.05) is 6.92 Å². The Balaban J connectivity index is 1.48. The number of nitro groups is 1. The maximum absolute atomic E-state index is 12.6. The maximum Gasteiger partial charge on any atom is 0.285 e. The predicted molar refractivity (Wildman–Crippen MR) is 119 cm³/mol. The molecule has 3 rings (SSSR count). The number of benzene rings is 2. The number of rotatable bonds is 7. The topological polar surface area (TPSA) is 78.7 Å². The molecule has 1 unspecified atom stereocenters. The fourth-order valence-corrected chi connectivity index (χ4v) is 3.89. The Morgan fingerprint density at radius 1 is 1.13 bits per heavy atom. The van der Waals surface area contributed by atoms with Crippen molar-refractivity contribution in [2.45, 2.75) is 33.2 Å². The standard InChI is InChI=1S/C23H30N4O3/c1-17-6-4-8-20(16-17)26-14-12-25(13-15-26)11-10-19(3)24-23(28)21-9-5-7-18(2)22(21)27(29)30/h4-9,16,19H,10-15H2,1-3H3,(H,24,28). The summed E-state index contributed by atoms with van der Waals surface area (Å²) in [7, 11) is 0. The number of nitrogens with one attached hydrogen (secondary N) is 1. The number of carbonyl (C=O) groups excluding carboxylic acids is 1. The Kier molecular flexibility index (Phi) is 7.05. The van der Waals surface area contributed by atoms with Crippen molar-refractivity contribution in [2.24, 2.45) is 0 Å². The number of amides is 1. The molecule has 0 aliphatic carbocycles. The molecule has 1 heterocycles. The van der Waals surface area contributed by atoms with Gasteiger partial charge in [-0.05, 0) is 51.0 Å². The monoisotopic (exact) mass is 410 g/mol. The van der Waals surface area contributed by atoms with Crippen LogP contribution in [-0.2, 0) is 0 Å². The van der Waals surface area contributed by atoms with Crippen LogP contribution in [0.2, 0.25) is 0 Å². The SMILES string of the molecule is Cc1cccc(N2CCN(CCC(C)NC(=O)c3cccc(C)c3[N+](=O)[O-])CC2)c1. The zero-order valence-electron chi connectivity index (χ0n) is 17.9. The molecule has 1 N–H and O–H groups in total. The fourth-order valence-electron chi connectivity index (χ4n) is 3.89. The molecule has 0 aromatic heterocycles. The van der Waals surface area contributed by atoms with Gasteiger partial charge in [-0.1, -0.05) is 24.3 Å². The molecule has 1 fully saturated rings. The number of anilines is 1. The van der Waals surface area contributed by atoms with E-state index < -0.39 is 4.92 Å². The van der Waals surface area contributed by atoms with Gasteiger partial charge in [-0.2, -0.15) is 0 Å². The maximum atomic E-state index is 12.6. The molecule has 0 bridgehead atoms. The highest BCUT2D eigenvalue weighted by atomic mass is 16.6. The highest BCUT2D eigenvalue weighted by molar-refractivity contribution is 5.98. The normalized spacial score (nSPS) is 15.6. The summed E-state index contributed by atoms with van der Waals surface area (Å²) in [5.74, 6) is -0.387. The third kappa shape index (κ3) is 5.36. The molecule has 7 nitrogen and oxygen atoms in total. The highest BCUT2D eigenvalue weighted by Gasteiger charge is 2.24. The van der Waals surface area contributed by atoms with Crippen molar-refractivity contribution in [3.05, 3.63) is 69.3 Å². The van der Waals surface area contributed by atoms with Gasteiger partial charge in [-0.3, -0.25) is 19.8 Å². The quantitative estimate of drug-likeness (QED) is 0.558. The van der Waals surface area contributed by atoms with Gasteiger partial charge < -0.3 is 10.2 Å². The average Bonchev–Trinajstić information content (AvgIpc) is 2.72. The molecule has 0 radical (unpaired) electrons. The average molecular weight is 411 g/mol. The molecule has 160 valence electrons. The van der Waals surface area contributed by atoms with Gasteiger partial charge in [0.15, 0.2) is 0 Å². The van der Waals surface area contributed by atoms with E-state index >= 15 is 0 Å².